The van der Waals surface area contributed by atoms with Gasteiger partial charge in [0.05, 0.1) is 12.2 Å². The lowest BCUT2D eigenvalue weighted by Crippen LogP contribution is -2.35. The Morgan fingerprint density at radius 1 is 1.15 bits per heavy atom. The number of aliphatic hydroxyl groups is 1. The predicted octanol–water partition coefficient (Wildman–Crippen LogP) is 3.58. The lowest BCUT2D eigenvalue weighted by molar-refractivity contribution is -0.122. The van der Waals surface area contributed by atoms with Crippen LogP contribution in [-0.2, 0) is 19.1 Å². The highest BCUT2D eigenvalue weighted by Gasteiger charge is 2.32. The first-order chi connectivity index (χ1) is 11.9. The minimum absolute atomic E-state index is 0.00133. The summed E-state index contributed by atoms with van der Waals surface area (Å²) in [4.78, 5) is 23.6. The van der Waals surface area contributed by atoms with Crippen molar-refractivity contribution < 1.29 is 24.2 Å². The van der Waals surface area contributed by atoms with Gasteiger partial charge < -0.3 is 19.4 Å². The fraction of sp³-hybridized carbons (Fsp3) is 0.810. The molecule has 0 bridgehead atoms. The number of carbonyl (C=O) groups excluding carboxylic acids is 2. The maximum absolute atomic E-state index is 12.7. The number of carbonyl (C=O) groups is 2. The molecule has 0 fully saturated rings. The van der Waals surface area contributed by atoms with Crippen molar-refractivity contribution >= 4 is 12.1 Å². The van der Waals surface area contributed by atoms with Gasteiger partial charge in [-0.2, -0.15) is 0 Å². The Kier molecular flexibility index (Phi) is 10.5. The second-order valence-electron chi connectivity index (χ2n) is 8.40. The van der Waals surface area contributed by atoms with E-state index in [1.54, 1.807) is 27.0 Å². The fourth-order valence-electron chi connectivity index (χ4n) is 3.76. The molecular formula is C21H38O5. The van der Waals surface area contributed by atoms with Crippen LogP contribution in [0.2, 0.25) is 0 Å². The number of hydrogen-bond acceptors (Lipinski definition) is 5. The van der Waals surface area contributed by atoms with E-state index in [1.165, 1.54) is 7.11 Å². The van der Waals surface area contributed by atoms with E-state index < -0.39 is 11.2 Å². The van der Waals surface area contributed by atoms with Crippen LogP contribution in [0.3, 0.4) is 0 Å². The maximum Gasteiger partial charge on any atom is 0.161 e. The molecule has 0 amide bonds. The van der Waals surface area contributed by atoms with Crippen LogP contribution in [-0.4, -0.2) is 49.2 Å². The SMILES string of the molecule is COC[C@@](C)(O)/C=C(\C)C(=O)[C@H](C)C[C@](C)(C[C@@H](C)CC(C)C=O)OC. The number of rotatable bonds is 13. The fourth-order valence-corrected chi connectivity index (χ4v) is 3.76. The van der Waals surface area contributed by atoms with Crippen molar-refractivity contribution in [3.63, 3.8) is 0 Å². The average molecular weight is 371 g/mol. The van der Waals surface area contributed by atoms with Gasteiger partial charge in [0, 0.05) is 26.1 Å². The highest BCUT2D eigenvalue weighted by atomic mass is 16.5. The van der Waals surface area contributed by atoms with Gasteiger partial charge >= 0.3 is 0 Å². The van der Waals surface area contributed by atoms with Crippen LogP contribution in [0.15, 0.2) is 11.6 Å². The summed E-state index contributed by atoms with van der Waals surface area (Å²) < 4.78 is 10.7. The molecule has 0 aromatic heterocycles. The number of methoxy groups -OCH3 is 2. The van der Waals surface area contributed by atoms with Gasteiger partial charge in [0.2, 0.25) is 0 Å². The Labute approximate surface area is 159 Å². The van der Waals surface area contributed by atoms with Gasteiger partial charge in [0.25, 0.3) is 0 Å². The smallest absolute Gasteiger partial charge is 0.161 e. The second-order valence-corrected chi connectivity index (χ2v) is 8.40. The Morgan fingerprint density at radius 3 is 2.19 bits per heavy atom. The van der Waals surface area contributed by atoms with Crippen LogP contribution in [0.4, 0.5) is 0 Å². The summed E-state index contributed by atoms with van der Waals surface area (Å²) in [6.45, 7) is 11.4. The molecule has 1 N–H and O–H groups in total. The first-order valence-corrected chi connectivity index (χ1v) is 9.35. The van der Waals surface area contributed by atoms with Gasteiger partial charge in [0.1, 0.15) is 11.9 Å². The van der Waals surface area contributed by atoms with Crippen molar-refractivity contribution in [3.05, 3.63) is 11.6 Å². The number of aldehydes is 1. The van der Waals surface area contributed by atoms with Crippen LogP contribution in [0.25, 0.3) is 0 Å². The van der Waals surface area contributed by atoms with E-state index in [-0.39, 0.29) is 24.2 Å². The van der Waals surface area contributed by atoms with Crippen LogP contribution in [0.1, 0.15) is 60.8 Å². The molecule has 0 saturated carbocycles. The van der Waals surface area contributed by atoms with E-state index >= 15 is 0 Å². The van der Waals surface area contributed by atoms with Crippen molar-refractivity contribution in [2.24, 2.45) is 17.8 Å². The highest BCUT2D eigenvalue weighted by molar-refractivity contribution is 5.96. The minimum Gasteiger partial charge on any atom is -0.384 e. The molecule has 0 rings (SSSR count). The summed E-state index contributed by atoms with van der Waals surface area (Å²) in [7, 11) is 3.18. The molecule has 26 heavy (non-hydrogen) atoms. The molecule has 0 aliphatic heterocycles. The molecule has 1 unspecified atom stereocenters. The van der Waals surface area contributed by atoms with E-state index in [4.69, 9.17) is 9.47 Å². The van der Waals surface area contributed by atoms with Gasteiger partial charge in [-0.15, -0.1) is 0 Å². The average Bonchev–Trinajstić information content (AvgIpc) is 2.52. The molecule has 0 aromatic rings. The second kappa shape index (κ2) is 11.0. The first kappa shape index (κ1) is 25.0. The minimum atomic E-state index is -1.17. The lowest BCUT2D eigenvalue weighted by atomic mass is 9.80. The molecule has 152 valence electrons. The Balaban J connectivity index is 5.01. The van der Waals surface area contributed by atoms with E-state index in [0.717, 1.165) is 19.1 Å². The molecule has 0 spiro atoms. The highest BCUT2D eigenvalue weighted by Crippen LogP contribution is 2.31. The summed E-state index contributed by atoms with van der Waals surface area (Å²) in [5.74, 6) is 0.115. The monoisotopic (exact) mass is 370 g/mol. The quantitative estimate of drug-likeness (QED) is 0.396. The predicted molar refractivity (Wildman–Crippen MR) is 104 cm³/mol. The van der Waals surface area contributed by atoms with Crippen LogP contribution >= 0.6 is 0 Å². The molecular weight excluding hydrogens is 332 g/mol. The standard InChI is InChI=1S/C21H38O5/c1-15(9-16(2)13-22)10-21(6,26-8)12-18(4)19(23)17(3)11-20(5,24)14-25-7/h11,13,15-16,18,24H,9-10,12,14H2,1-8H3/b17-11+/t15-,16?,18+,20-,21-/m0/s1. The van der Waals surface area contributed by atoms with Crippen LogP contribution in [0.5, 0.6) is 0 Å². The Hall–Kier alpha value is -1.04. The molecule has 0 heterocycles. The van der Waals surface area contributed by atoms with Gasteiger partial charge in [-0.25, -0.2) is 0 Å². The summed E-state index contributed by atoms with van der Waals surface area (Å²) in [6.07, 6.45) is 4.72. The Morgan fingerprint density at radius 2 is 1.73 bits per heavy atom. The van der Waals surface area contributed by atoms with Crippen molar-refractivity contribution in [2.45, 2.75) is 72.0 Å². The lowest BCUT2D eigenvalue weighted by Gasteiger charge is -2.33. The molecule has 0 aliphatic rings. The molecule has 5 heteroatoms. The number of allylic oxidation sites excluding steroid dienone is 1. The van der Waals surface area contributed by atoms with E-state index in [2.05, 4.69) is 6.92 Å². The van der Waals surface area contributed by atoms with E-state index in [9.17, 15) is 14.7 Å². The van der Waals surface area contributed by atoms with E-state index in [0.29, 0.717) is 17.9 Å². The number of ketones is 1. The first-order valence-electron chi connectivity index (χ1n) is 9.35. The largest absolute Gasteiger partial charge is 0.384 e. The summed E-state index contributed by atoms with van der Waals surface area (Å²) in [5, 5.41) is 10.2. The molecule has 5 nitrogen and oxygen atoms in total. The van der Waals surface area contributed by atoms with Crippen molar-refractivity contribution in [3.8, 4) is 0 Å². The number of Topliss-reactive ketones (excluding diaryl/α,β-unsaturated/α-hetero) is 1. The number of hydrogen-bond donors (Lipinski definition) is 1. The van der Waals surface area contributed by atoms with Crippen LogP contribution < -0.4 is 0 Å². The molecule has 5 atom stereocenters. The summed E-state index contributed by atoms with van der Waals surface area (Å²) in [5.41, 5.74) is -1.08. The van der Waals surface area contributed by atoms with Gasteiger partial charge in [-0.05, 0) is 57.6 Å². The third-order valence-corrected chi connectivity index (χ3v) is 4.82. The molecule has 0 aromatic carbocycles. The maximum atomic E-state index is 12.7. The number of ether oxygens (including phenoxy) is 2. The van der Waals surface area contributed by atoms with Crippen LogP contribution in [0, 0.1) is 17.8 Å². The zero-order valence-corrected chi connectivity index (χ0v) is 17.8. The van der Waals surface area contributed by atoms with Crippen molar-refractivity contribution in [1.29, 1.82) is 0 Å². The third-order valence-electron chi connectivity index (χ3n) is 4.82. The third kappa shape index (κ3) is 9.06. The zero-order chi connectivity index (χ0) is 20.5. The van der Waals surface area contributed by atoms with Gasteiger partial charge in [-0.3, -0.25) is 4.79 Å². The van der Waals surface area contributed by atoms with Gasteiger partial charge in [0.15, 0.2) is 5.78 Å². The molecule has 0 aliphatic carbocycles. The summed E-state index contributed by atoms with van der Waals surface area (Å²) >= 11 is 0. The van der Waals surface area contributed by atoms with E-state index in [1.807, 2.05) is 20.8 Å². The zero-order valence-electron chi connectivity index (χ0n) is 17.8. The Bertz CT molecular complexity index is 483. The molecule has 0 saturated heterocycles. The normalized spacial score (nSPS) is 20.6. The topological polar surface area (TPSA) is 72.8 Å². The van der Waals surface area contributed by atoms with Crippen molar-refractivity contribution in [1.82, 2.24) is 0 Å². The molecule has 0 radical (unpaired) electrons. The van der Waals surface area contributed by atoms with Crippen molar-refractivity contribution in [2.75, 3.05) is 20.8 Å². The summed E-state index contributed by atoms with van der Waals surface area (Å²) in [6, 6.07) is 0. The van der Waals surface area contributed by atoms with Gasteiger partial charge in [-0.1, -0.05) is 20.8 Å².